The maximum Gasteiger partial charge on any atom is 0.339 e. The summed E-state index contributed by atoms with van der Waals surface area (Å²) in [5, 5.41) is 9.78. The quantitative estimate of drug-likeness (QED) is 0.862. The van der Waals surface area contributed by atoms with Crippen molar-refractivity contribution in [3.05, 3.63) is 33.8 Å². The maximum atomic E-state index is 11.3. The third-order valence-corrected chi connectivity index (χ3v) is 4.15. The van der Waals surface area contributed by atoms with Gasteiger partial charge in [0.25, 0.3) is 0 Å². The summed E-state index contributed by atoms with van der Waals surface area (Å²) in [6.45, 7) is 3.17. The van der Waals surface area contributed by atoms with E-state index < -0.39 is 12.1 Å². The second-order valence-corrected chi connectivity index (χ2v) is 5.61. The fraction of sp³-hybridized carbons (Fsp3) is 0.500. The molecule has 19 heavy (non-hydrogen) atoms. The van der Waals surface area contributed by atoms with E-state index in [0.717, 1.165) is 24.1 Å². The molecule has 0 bridgehead atoms. The second-order valence-electron chi connectivity index (χ2n) is 4.76. The average Bonchev–Trinajstić information content (AvgIpc) is 2.92. The first kappa shape index (κ1) is 14.5. The van der Waals surface area contributed by atoms with E-state index in [-0.39, 0.29) is 0 Å². The molecular formula is C14H18BrNO3. The topological polar surface area (TPSA) is 49.8 Å². The van der Waals surface area contributed by atoms with E-state index in [1.165, 1.54) is 25.5 Å². The summed E-state index contributed by atoms with van der Waals surface area (Å²) in [7, 11) is 1.27. The van der Waals surface area contributed by atoms with E-state index in [1.54, 1.807) is 12.1 Å². The molecule has 1 unspecified atom stereocenters. The minimum atomic E-state index is -1.22. The number of aliphatic hydroxyl groups excluding tert-OH is 1. The van der Waals surface area contributed by atoms with Crippen molar-refractivity contribution in [3.63, 3.8) is 0 Å². The van der Waals surface area contributed by atoms with Crippen LogP contribution < -0.4 is 0 Å². The van der Waals surface area contributed by atoms with Gasteiger partial charge >= 0.3 is 5.97 Å². The van der Waals surface area contributed by atoms with Gasteiger partial charge in [0, 0.05) is 11.0 Å². The number of esters is 1. The number of nitrogens with zero attached hydrogens (tertiary/aromatic N) is 1. The molecule has 1 saturated heterocycles. The predicted molar refractivity (Wildman–Crippen MR) is 75.6 cm³/mol. The van der Waals surface area contributed by atoms with Gasteiger partial charge in [-0.2, -0.15) is 0 Å². The molecule has 1 N–H and O–H groups in total. The van der Waals surface area contributed by atoms with Crippen molar-refractivity contribution in [3.8, 4) is 0 Å². The van der Waals surface area contributed by atoms with E-state index in [1.807, 2.05) is 6.07 Å². The van der Waals surface area contributed by atoms with Gasteiger partial charge in [-0.05, 0) is 43.1 Å². The number of hydrogen-bond donors (Lipinski definition) is 1. The monoisotopic (exact) mass is 327 g/mol. The lowest BCUT2D eigenvalue weighted by Gasteiger charge is -2.17. The first-order chi connectivity index (χ1) is 9.11. The molecule has 0 spiro atoms. The van der Waals surface area contributed by atoms with Gasteiger partial charge in [0.05, 0.1) is 7.11 Å². The lowest BCUT2D eigenvalue weighted by Crippen LogP contribution is -2.19. The predicted octanol–water partition coefficient (Wildman–Crippen LogP) is 2.25. The first-order valence-electron chi connectivity index (χ1n) is 6.38. The minimum Gasteiger partial charge on any atom is -0.467 e. The molecule has 1 aromatic carbocycles. The van der Waals surface area contributed by atoms with Crippen LogP contribution in [0.1, 0.15) is 30.1 Å². The van der Waals surface area contributed by atoms with Crippen molar-refractivity contribution in [2.24, 2.45) is 0 Å². The van der Waals surface area contributed by atoms with Crippen LogP contribution in [0.4, 0.5) is 0 Å². The van der Waals surface area contributed by atoms with E-state index >= 15 is 0 Å². The Hall–Kier alpha value is -0.910. The Kier molecular flexibility index (Phi) is 4.96. The average molecular weight is 328 g/mol. The summed E-state index contributed by atoms with van der Waals surface area (Å²) in [6, 6.07) is 5.51. The number of rotatable bonds is 4. The minimum absolute atomic E-state index is 0.545. The van der Waals surface area contributed by atoms with Crippen molar-refractivity contribution in [1.82, 2.24) is 4.90 Å². The molecule has 5 heteroatoms. The van der Waals surface area contributed by atoms with Crippen LogP contribution in [0.2, 0.25) is 0 Å². The summed E-state index contributed by atoms with van der Waals surface area (Å²) in [5.74, 6) is -0.640. The number of hydrogen-bond acceptors (Lipinski definition) is 4. The molecule has 4 nitrogen and oxygen atoms in total. The second kappa shape index (κ2) is 6.50. The van der Waals surface area contributed by atoms with Crippen molar-refractivity contribution < 1.29 is 14.6 Å². The van der Waals surface area contributed by atoms with Gasteiger partial charge in [-0.15, -0.1) is 0 Å². The van der Waals surface area contributed by atoms with E-state index in [4.69, 9.17) is 0 Å². The molecule has 104 valence electrons. The molecule has 1 aliphatic rings. The van der Waals surface area contributed by atoms with Crippen molar-refractivity contribution in [1.29, 1.82) is 0 Å². The molecule has 0 saturated carbocycles. The van der Waals surface area contributed by atoms with Crippen molar-refractivity contribution in [2.45, 2.75) is 25.5 Å². The number of carbonyl (C=O) groups excluding carboxylic acids is 1. The van der Waals surface area contributed by atoms with E-state index in [2.05, 4.69) is 25.6 Å². The SMILES string of the molecule is COC(=O)C(O)c1ccc(CN2CCCC2)c(Br)c1. The molecule has 1 atom stereocenters. The van der Waals surface area contributed by atoms with Gasteiger partial charge in [-0.25, -0.2) is 4.79 Å². The Morgan fingerprint density at radius 3 is 2.74 bits per heavy atom. The van der Waals surface area contributed by atoms with Gasteiger partial charge in [0.1, 0.15) is 0 Å². The Labute approximate surface area is 121 Å². The molecule has 2 rings (SSSR count). The number of likely N-dealkylation sites (tertiary alicyclic amines) is 1. The molecule has 0 amide bonds. The van der Waals surface area contributed by atoms with Gasteiger partial charge < -0.3 is 9.84 Å². The zero-order valence-electron chi connectivity index (χ0n) is 10.9. The third-order valence-electron chi connectivity index (χ3n) is 3.41. The lowest BCUT2D eigenvalue weighted by atomic mass is 10.1. The summed E-state index contributed by atoms with van der Waals surface area (Å²) in [4.78, 5) is 13.7. The zero-order chi connectivity index (χ0) is 13.8. The third kappa shape index (κ3) is 3.55. The van der Waals surface area contributed by atoms with Gasteiger partial charge in [-0.1, -0.05) is 28.1 Å². The summed E-state index contributed by atoms with van der Waals surface area (Å²) in [5.41, 5.74) is 1.71. The fourth-order valence-corrected chi connectivity index (χ4v) is 2.81. The van der Waals surface area contributed by atoms with Gasteiger partial charge in [-0.3, -0.25) is 4.90 Å². The maximum absolute atomic E-state index is 11.3. The van der Waals surface area contributed by atoms with Crippen LogP contribution in [0.25, 0.3) is 0 Å². The van der Waals surface area contributed by atoms with Gasteiger partial charge in [0.2, 0.25) is 0 Å². The van der Waals surface area contributed by atoms with Crippen LogP contribution >= 0.6 is 15.9 Å². The molecule has 0 aliphatic carbocycles. The molecule has 1 heterocycles. The van der Waals surface area contributed by atoms with Crippen LogP contribution in [0.3, 0.4) is 0 Å². The molecule has 1 aromatic rings. The Bertz CT molecular complexity index is 458. The molecular weight excluding hydrogens is 310 g/mol. The summed E-state index contributed by atoms with van der Waals surface area (Å²) in [6.07, 6.45) is 1.30. The number of halogens is 1. The van der Waals surface area contributed by atoms with Crippen LogP contribution in [0.5, 0.6) is 0 Å². The van der Waals surface area contributed by atoms with Crippen molar-refractivity contribution >= 4 is 21.9 Å². The number of benzene rings is 1. The van der Waals surface area contributed by atoms with Crippen LogP contribution in [-0.4, -0.2) is 36.2 Å². The summed E-state index contributed by atoms with van der Waals surface area (Å²) >= 11 is 3.50. The van der Waals surface area contributed by atoms with Crippen LogP contribution in [0, 0.1) is 0 Å². The number of aliphatic hydroxyl groups is 1. The highest BCUT2D eigenvalue weighted by atomic mass is 79.9. The Morgan fingerprint density at radius 2 is 2.16 bits per heavy atom. The summed E-state index contributed by atoms with van der Waals surface area (Å²) < 4.78 is 5.45. The first-order valence-corrected chi connectivity index (χ1v) is 7.17. The highest BCUT2D eigenvalue weighted by Gasteiger charge is 2.19. The fourth-order valence-electron chi connectivity index (χ4n) is 2.29. The number of methoxy groups -OCH3 is 1. The molecule has 0 aromatic heterocycles. The normalized spacial score (nSPS) is 17.4. The van der Waals surface area contributed by atoms with E-state index in [9.17, 15) is 9.90 Å². The van der Waals surface area contributed by atoms with Gasteiger partial charge in [0.15, 0.2) is 6.10 Å². The Balaban J connectivity index is 2.10. The molecule has 0 radical (unpaired) electrons. The van der Waals surface area contributed by atoms with Crippen LogP contribution in [0.15, 0.2) is 22.7 Å². The lowest BCUT2D eigenvalue weighted by molar-refractivity contribution is -0.150. The standard InChI is InChI=1S/C14H18BrNO3/c1-19-14(18)13(17)10-4-5-11(12(15)8-10)9-16-6-2-3-7-16/h4-5,8,13,17H,2-3,6-7,9H2,1H3. The van der Waals surface area contributed by atoms with Crippen LogP contribution in [-0.2, 0) is 16.1 Å². The van der Waals surface area contributed by atoms with Crippen molar-refractivity contribution in [2.75, 3.05) is 20.2 Å². The zero-order valence-corrected chi connectivity index (χ0v) is 12.5. The smallest absolute Gasteiger partial charge is 0.339 e. The largest absolute Gasteiger partial charge is 0.467 e. The molecule has 1 fully saturated rings. The number of ether oxygens (including phenoxy) is 1. The highest BCUT2D eigenvalue weighted by molar-refractivity contribution is 9.10. The number of carbonyl (C=O) groups is 1. The Morgan fingerprint density at radius 1 is 1.47 bits per heavy atom. The highest BCUT2D eigenvalue weighted by Crippen LogP contribution is 2.25. The van der Waals surface area contributed by atoms with E-state index in [0.29, 0.717) is 5.56 Å². The molecule has 1 aliphatic heterocycles.